The lowest BCUT2D eigenvalue weighted by Crippen LogP contribution is -2.12. The SMILES string of the molecule is CCCCCCCCCCCC(=O)OC(=O)c1ccncc1.Cl. The maximum Gasteiger partial charge on any atom is 0.345 e. The first-order chi connectivity index (χ1) is 10.7. The molecule has 0 aliphatic carbocycles. The van der Waals surface area contributed by atoms with Crippen LogP contribution in [0.3, 0.4) is 0 Å². The predicted molar refractivity (Wildman–Crippen MR) is 93.8 cm³/mol. The van der Waals surface area contributed by atoms with Gasteiger partial charge in [0.1, 0.15) is 0 Å². The van der Waals surface area contributed by atoms with E-state index in [0.29, 0.717) is 12.0 Å². The molecule has 0 aliphatic heterocycles. The molecular formula is C18H28ClNO3. The Hall–Kier alpha value is -1.42. The van der Waals surface area contributed by atoms with Crippen LogP contribution < -0.4 is 0 Å². The summed E-state index contributed by atoms with van der Waals surface area (Å²) in [7, 11) is 0. The van der Waals surface area contributed by atoms with E-state index in [1.165, 1.54) is 63.1 Å². The molecule has 0 amide bonds. The lowest BCUT2D eigenvalue weighted by atomic mass is 10.1. The molecule has 4 nitrogen and oxygen atoms in total. The molecule has 130 valence electrons. The molecule has 0 fully saturated rings. The molecular weight excluding hydrogens is 314 g/mol. The molecule has 1 heterocycles. The topological polar surface area (TPSA) is 56.3 Å². The number of pyridine rings is 1. The number of hydrogen-bond acceptors (Lipinski definition) is 4. The van der Waals surface area contributed by atoms with Gasteiger partial charge in [-0.2, -0.15) is 0 Å². The van der Waals surface area contributed by atoms with Gasteiger partial charge in [-0.25, -0.2) is 4.79 Å². The van der Waals surface area contributed by atoms with Crippen molar-refractivity contribution in [3.63, 3.8) is 0 Å². The van der Waals surface area contributed by atoms with Crippen LogP contribution in [0.15, 0.2) is 24.5 Å². The minimum Gasteiger partial charge on any atom is -0.389 e. The minimum absolute atomic E-state index is 0. The molecule has 0 radical (unpaired) electrons. The lowest BCUT2D eigenvalue weighted by Gasteiger charge is -2.03. The van der Waals surface area contributed by atoms with Crippen molar-refractivity contribution in [3.8, 4) is 0 Å². The molecule has 0 aromatic carbocycles. The molecule has 23 heavy (non-hydrogen) atoms. The maximum absolute atomic E-state index is 11.6. The zero-order chi connectivity index (χ0) is 16.0. The zero-order valence-corrected chi connectivity index (χ0v) is 14.8. The molecule has 0 unspecified atom stereocenters. The van der Waals surface area contributed by atoms with Crippen LogP contribution in [0.25, 0.3) is 0 Å². The quantitative estimate of drug-likeness (QED) is 0.319. The number of hydrogen-bond donors (Lipinski definition) is 0. The summed E-state index contributed by atoms with van der Waals surface area (Å²) in [5.41, 5.74) is 0.357. The Morgan fingerprint density at radius 2 is 1.43 bits per heavy atom. The predicted octanol–water partition coefficient (Wildman–Crippen LogP) is 5.11. The van der Waals surface area contributed by atoms with Crippen LogP contribution >= 0.6 is 12.4 Å². The van der Waals surface area contributed by atoms with Gasteiger partial charge in [-0.3, -0.25) is 9.78 Å². The second-order valence-corrected chi connectivity index (χ2v) is 5.58. The van der Waals surface area contributed by atoms with E-state index in [-0.39, 0.29) is 12.4 Å². The molecule has 0 atom stereocenters. The Morgan fingerprint density at radius 3 is 2.00 bits per heavy atom. The van der Waals surface area contributed by atoms with Gasteiger partial charge in [0.05, 0.1) is 5.56 Å². The van der Waals surface area contributed by atoms with Crippen molar-refractivity contribution in [3.05, 3.63) is 30.1 Å². The van der Waals surface area contributed by atoms with Crippen molar-refractivity contribution in [2.75, 3.05) is 0 Å². The zero-order valence-electron chi connectivity index (χ0n) is 14.0. The standard InChI is InChI=1S/C18H27NO3.ClH/c1-2-3-4-5-6-7-8-9-10-11-17(20)22-18(21)16-12-14-19-15-13-16;/h12-15H,2-11H2,1H3;1H. The number of nitrogens with zero attached hydrogens (tertiary/aromatic N) is 1. The molecule has 5 heteroatoms. The number of carbonyl (C=O) groups excluding carboxylic acids is 2. The van der Waals surface area contributed by atoms with E-state index in [2.05, 4.69) is 11.9 Å². The second kappa shape index (κ2) is 14.2. The van der Waals surface area contributed by atoms with Gasteiger partial charge in [0.2, 0.25) is 0 Å². The van der Waals surface area contributed by atoms with Crippen molar-refractivity contribution < 1.29 is 14.3 Å². The van der Waals surface area contributed by atoms with Crippen molar-refractivity contribution >= 4 is 24.3 Å². The van der Waals surface area contributed by atoms with Crippen LogP contribution in [-0.2, 0) is 9.53 Å². The third-order valence-corrected chi connectivity index (χ3v) is 3.61. The monoisotopic (exact) mass is 341 g/mol. The van der Waals surface area contributed by atoms with Crippen LogP contribution in [0.5, 0.6) is 0 Å². The Bertz CT molecular complexity index is 437. The molecule has 1 aromatic heterocycles. The van der Waals surface area contributed by atoms with E-state index in [4.69, 9.17) is 4.74 Å². The van der Waals surface area contributed by atoms with Crippen LogP contribution in [-0.4, -0.2) is 16.9 Å². The summed E-state index contributed by atoms with van der Waals surface area (Å²) in [6.07, 6.45) is 14.0. The minimum atomic E-state index is -0.594. The number of rotatable bonds is 11. The fourth-order valence-electron chi connectivity index (χ4n) is 2.28. The summed E-state index contributed by atoms with van der Waals surface area (Å²) >= 11 is 0. The number of aromatic nitrogens is 1. The highest BCUT2D eigenvalue weighted by atomic mass is 35.5. The van der Waals surface area contributed by atoms with E-state index < -0.39 is 11.9 Å². The largest absolute Gasteiger partial charge is 0.389 e. The van der Waals surface area contributed by atoms with Crippen molar-refractivity contribution in [2.24, 2.45) is 0 Å². The van der Waals surface area contributed by atoms with E-state index in [1.807, 2.05) is 0 Å². The lowest BCUT2D eigenvalue weighted by molar-refractivity contribution is -0.138. The van der Waals surface area contributed by atoms with E-state index in [9.17, 15) is 9.59 Å². The molecule has 1 rings (SSSR count). The van der Waals surface area contributed by atoms with Crippen molar-refractivity contribution in [1.29, 1.82) is 0 Å². The van der Waals surface area contributed by atoms with Crippen LogP contribution in [0.4, 0.5) is 0 Å². The average Bonchev–Trinajstić information content (AvgIpc) is 2.54. The van der Waals surface area contributed by atoms with Gasteiger partial charge in [0.25, 0.3) is 0 Å². The van der Waals surface area contributed by atoms with E-state index in [1.54, 1.807) is 0 Å². The van der Waals surface area contributed by atoms with E-state index >= 15 is 0 Å². The average molecular weight is 342 g/mol. The second-order valence-electron chi connectivity index (χ2n) is 5.58. The van der Waals surface area contributed by atoms with Crippen LogP contribution in [0.2, 0.25) is 0 Å². The fraction of sp³-hybridized carbons (Fsp3) is 0.611. The smallest absolute Gasteiger partial charge is 0.345 e. The molecule has 1 aromatic rings. The molecule has 0 N–H and O–H groups in total. The number of unbranched alkanes of at least 4 members (excludes halogenated alkanes) is 8. The van der Waals surface area contributed by atoms with Gasteiger partial charge in [0.15, 0.2) is 0 Å². The maximum atomic E-state index is 11.6. The highest BCUT2D eigenvalue weighted by Gasteiger charge is 2.12. The number of esters is 2. The Balaban J connectivity index is 0.00000484. The fourth-order valence-corrected chi connectivity index (χ4v) is 2.28. The summed E-state index contributed by atoms with van der Waals surface area (Å²) in [6, 6.07) is 3.07. The molecule has 0 saturated carbocycles. The number of carbonyl (C=O) groups is 2. The van der Waals surface area contributed by atoms with Gasteiger partial charge in [-0.1, -0.05) is 58.3 Å². The van der Waals surface area contributed by atoms with Gasteiger partial charge in [-0.05, 0) is 18.6 Å². The molecule has 0 spiro atoms. The first-order valence-corrected chi connectivity index (χ1v) is 8.39. The first-order valence-electron chi connectivity index (χ1n) is 8.39. The Labute approximate surface area is 145 Å². The Kier molecular flexibility index (Phi) is 13.3. The highest BCUT2D eigenvalue weighted by molar-refractivity contribution is 5.96. The summed E-state index contributed by atoms with van der Waals surface area (Å²) in [6.45, 7) is 2.22. The number of halogens is 1. The van der Waals surface area contributed by atoms with Crippen molar-refractivity contribution in [1.82, 2.24) is 4.98 Å². The summed E-state index contributed by atoms with van der Waals surface area (Å²) in [5, 5.41) is 0. The summed E-state index contributed by atoms with van der Waals surface area (Å²) < 4.78 is 4.80. The normalized spacial score (nSPS) is 9.96. The molecule has 0 bridgehead atoms. The van der Waals surface area contributed by atoms with Gasteiger partial charge >= 0.3 is 11.9 Å². The summed E-state index contributed by atoms with van der Waals surface area (Å²) in [5.74, 6) is -1.03. The van der Waals surface area contributed by atoms with Crippen LogP contribution in [0.1, 0.15) is 81.5 Å². The third kappa shape index (κ3) is 10.9. The summed E-state index contributed by atoms with van der Waals surface area (Å²) in [4.78, 5) is 27.0. The Morgan fingerprint density at radius 1 is 0.913 bits per heavy atom. The van der Waals surface area contributed by atoms with Gasteiger partial charge in [0, 0.05) is 18.8 Å². The number of ether oxygens (including phenoxy) is 1. The van der Waals surface area contributed by atoms with Crippen molar-refractivity contribution in [2.45, 2.75) is 71.1 Å². The first kappa shape index (κ1) is 21.6. The van der Waals surface area contributed by atoms with E-state index in [0.717, 1.165) is 19.3 Å². The molecule has 0 saturated heterocycles. The van der Waals surface area contributed by atoms with Gasteiger partial charge < -0.3 is 4.74 Å². The third-order valence-electron chi connectivity index (χ3n) is 3.61. The van der Waals surface area contributed by atoms with Gasteiger partial charge in [-0.15, -0.1) is 12.4 Å². The van der Waals surface area contributed by atoms with Crippen LogP contribution in [0, 0.1) is 0 Å². The molecule has 0 aliphatic rings. The highest BCUT2D eigenvalue weighted by Crippen LogP contribution is 2.11.